The maximum absolute atomic E-state index is 12.5. The van der Waals surface area contributed by atoms with Crippen LogP contribution in [0, 0.1) is 0 Å². The summed E-state index contributed by atoms with van der Waals surface area (Å²) in [6, 6.07) is 0. The number of hydrogen-bond acceptors (Lipinski definition) is 2. The van der Waals surface area contributed by atoms with Crippen molar-refractivity contribution in [2.45, 2.75) is 64.2 Å². The highest BCUT2D eigenvalue weighted by atomic mass is 32.2. The Morgan fingerprint density at radius 1 is 1.10 bits per heavy atom. The zero-order valence-corrected chi connectivity index (χ0v) is 14.9. The van der Waals surface area contributed by atoms with E-state index >= 15 is 0 Å². The molecule has 0 rings (SSSR count). The fourth-order valence-corrected chi connectivity index (χ4v) is 3.00. The molecule has 0 fully saturated rings. The van der Waals surface area contributed by atoms with Crippen molar-refractivity contribution >= 4 is 17.9 Å². The van der Waals surface area contributed by atoms with E-state index in [1.165, 1.54) is 0 Å². The molecule has 21 heavy (non-hydrogen) atoms. The van der Waals surface area contributed by atoms with Gasteiger partial charge >= 0.3 is 5.51 Å². The van der Waals surface area contributed by atoms with Gasteiger partial charge in [0.05, 0.1) is 8.07 Å². The molecule has 0 bridgehead atoms. The van der Waals surface area contributed by atoms with Crippen LogP contribution in [-0.4, -0.2) is 22.0 Å². The van der Waals surface area contributed by atoms with Crippen LogP contribution >= 0.6 is 0 Å². The van der Waals surface area contributed by atoms with Crippen molar-refractivity contribution in [1.29, 1.82) is 0 Å². The number of alkyl halides is 3. The molecule has 2 nitrogen and oxygen atoms in total. The molecule has 0 aromatic carbocycles. The zero-order valence-electron chi connectivity index (χ0n) is 13.1. The number of hydrogen-bond donors (Lipinski definition) is 0. The Morgan fingerprint density at radius 3 is 2.10 bits per heavy atom. The quantitative estimate of drug-likeness (QED) is 0.345. The number of sulfone groups is 1. The van der Waals surface area contributed by atoms with Gasteiger partial charge < -0.3 is 0 Å². The average Bonchev–Trinajstić information content (AvgIpc) is 2.28. The van der Waals surface area contributed by atoms with Crippen molar-refractivity contribution in [3.8, 4) is 0 Å². The molecule has 0 aliphatic rings. The maximum Gasteiger partial charge on any atom is 0.501 e. The van der Waals surface area contributed by atoms with Crippen LogP contribution in [0.15, 0.2) is 22.8 Å². The van der Waals surface area contributed by atoms with Crippen molar-refractivity contribution in [1.82, 2.24) is 0 Å². The van der Waals surface area contributed by atoms with Crippen molar-refractivity contribution in [2.75, 3.05) is 0 Å². The first-order valence-corrected chi connectivity index (χ1v) is 12.2. The van der Waals surface area contributed by atoms with Crippen LogP contribution in [0.3, 0.4) is 0 Å². The van der Waals surface area contributed by atoms with Crippen LogP contribution in [-0.2, 0) is 9.84 Å². The van der Waals surface area contributed by atoms with Gasteiger partial charge in [0.2, 0.25) is 0 Å². The molecular weight excluding hydrogens is 317 g/mol. The van der Waals surface area contributed by atoms with E-state index in [4.69, 9.17) is 0 Å². The van der Waals surface area contributed by atoms with E-state index in [0.717, 1.165) is 19.3 Å². The topological polar surface area (TPSA) is 34.1 Å². The predicted molar refractivity (Wildman–Crippen MR) is 84.3 cm³/mol. The molecule has 124 valence electrons. The lowest BCUT2D eigenvalue weighted by molar-refractivity contribution is -0.0423. The van der Waals surface area contributed by atoms with Crippen LogP contribution in [0.1, 0.15) is 39.0 Å². The van der Waals surface area contributed by atoms with Crippen molar-refractivity contribution in [2.24, 2.45) is 0 Å². The lowest BCUT2D eigenvalue weighted by Crippen LogP contribution is -2.21. The third-order valence-electron chi connectivity index (χ3n) is 2.75. The predicted octanol–water partition coefficient (Wildman–Crippen LogP) is 5.21. The largest absolute Gasteiger partial charge is 0.501 e. The smallest absolute Gasteiger partial charge is 0.215 e. The molecule has 0 heterocycles. The van der Waals surface area contributed by atoms with Gasteiger partial charge in [0.25, 0.3) is 9.84 Å². The van der Waals surface area contributed by atoms with Gasteiger partial charge in [-0.1, -0.05) is 57.6 Å². The molecule has 7 heteroatoms. The summed E-state index contributed by atoms with van der Waals surface area (Å²) in [6.07, 6.45) is 5.52. The summed E-state index contributed by atoms with van der Waals surface area (Å²) >= 11 is 0. The first kappa shape index (κ1) is 20.4. The van der Waals surface area contributed by atoms with E-state index < -0.39 is 23.4 Å². The molecule has 0 unspecified atom stereocenters. The highest BCUT2D eigenvalue weighted by Gasteiger charge is 2.44. The molecular formula is C14H25F3O2SSi. The number of allylic oxidation sites excluding steroid dienone is 2. The number of halogens is 3. The van der Waals surface area contributed by atoms with Crippen LogP contribution < -0.4 is 0 Å². The third-order valence-corrected chi connectivity index (χ3v) is 5.17. The van der Waals surface area contributed by atoms with Crippen molar-refractivity contribution in [3.05, 3.63) is 22.8 Å². The number of rotatable bonds is 8. The lowest BCUT2D eigenvalue weighted by Gasteiger charge is -2.11. The van der Waals surface area contributed by atoms with Crippen molar-refractivity contribution < 1.29 is 21.6 Å². The minimum atomic E-state index is -5.23. The molecule has 0 N–H and O–H groups in total. The lowest BCUT2D eigenvalue weighted by atomic mass is 10.1. The third kappa shape index (κ3) is 9.13. The van der Waals surface area contributed by atoms with E-state index in [0.29, 0.717) is 18.2 Å². The second kappa shape index (κ2) is 8.17. The first-order valence-electron chi connectivity index (χ1n) is 7.10. The standard InChI is InChI=1S/C14H25F3O2SSi/c1-5-6-7-8-9-13(10-11-21(2,3)4)12-20(18,19)14(15,16)17/h10-12H,5-9H2,1-4H3/b11-10+,13-12-. The second-order valence-electron chi connectivity index (χ2n) is 6.19. The maximum atomic E-state index is 12.5. The highest BCUT2D eigenvalue weighted by molar-refractivity contribution is 7.95. The normalized spacial score (nSPS) is 14.9. The van der Waals surface area contributed by atoms with Gasteiger partial charge in [0, 0.05) is 5.41 Å². The Kier molecular flexibility index (Phi) is 7.95. The summed E-state index contributed by atoms with van der Waals surface area (Å²) in [6.45, 7) is 8.15. The van der Waals surface area contributed by atoms with E-state index in [1.807, 2.05) is 32.3 Å². The van der Waals surface area contributed by atoms with Gasteiger partial charge in [-0.15, -0.1) is 0 Å². The minimum Gasteiger partial charge on any atom is -0.215 e. The Hall–Kier alpha value is -0.563. The zero-order chi connectivity index (χ0) is 16.7. The van der Waals surface area contributed by atoms with Crippen LogP contribution in [0.25, 0.3) is 0 Å². The molecule has 0 atom stereocenters. The van der Waals surface area contributed by atoms with E-state index in [1.54, 1.807) is 6.08 Å². The molecule has 0 aromatic heterocycles. The molecule has 0 aliphatic heterocycles. The summed E-state index contributed by atoms with van der Waals surface area (Å²) in [5.41, 5.74) is -3.12. The van der Waals surface area contributed by atoms with Gasteiger partial charge in [0.15, 0.2) is 0 Å². The van der Waals surface area contributed by atoms with Crippen molar-refractivity contribution in [3.63, 3.8) is 0 Å². The van der Waals surface area contributed by atoms with E-state index in [9.17, 15) is 21.6 Å². The minimum absolute atomic E-state index is 0.242. The fraction of sp³-hybridized carbons (Fsp3) is 0.714. The Bertz CT molecular complexity index is 471. The summed E-state index contributed by atoms with van der Waals surface area (Å²) in [5, 5.41) is 0.385. The van der Waals surface area contributed by atoms with Crippen LogP contribution in [0.4, 0.5) is 13.2 Å². The molecule has 0 saturated carbocycles. The second-order valence-corrected chi connectivity index (χ2v) is 13.0. The molecule has 0 spiro atoms. The number of unbranched alkanes of at least 4 members (excludes halogenated alkanes) is 3. The van der Waals surface area contributed by atoms with E-state index in [-0.39, 0.29) is 5.57 Å². The Morgan fingerprint density at radius 2 is 1.67 bits per heavy atom. The van der Waals surface area contributed by atoms with Crippen LogP contribution in [0.5, 0.6) is 0 Å². The van der Waals surface area contributed by atoms with Gasteiger partial charge in [0.1, 0.15) is 0 Å². The Labute approximate surface area is 127 Å². The summed E-state index contributed by atoms with van der Waals surface area (Å²) in [7, 11) is -6.80. The summed E-state index contributed by atoms with van der Waals surface area (Å²) < 4.78 is 59.9. The van der Waals surface area contributed by atoms with Gasteiger partial charge in [-0.2, -0.15) is 13.2 Å². The van der Waals surface area contributed by atoms with Gasteiger partial charge in [-0.25, -0.2) is 8.42 Å². The monoisotopic (exact) mass is 342 g/mol. The molecule has 0 saturated heterocycles. The summed E-state index contributed by atoms with van der Waals surface area (Å²) in [5.74, 6) is 0. The molecule has 0 radical (unpaired) electrons. The van der Waals surface area contributed by atoms with Gasteiger partial charge in [-0.05, 0) is 18.4 Å². The summed E-state index contributed by atoms with van der Waals surface area (Å²) in [4.78, 5) is 0. The SMILES string of the molecule is CCCCCCC(=C/S(=O)(=O)C(F)(F)F)/C=C/[Si](C)(C)C. The van der Waals surface area contributed by atoms with Gasteiger partial charge in [-0.3, -0.25) is 0 Å². The van der Waals surface area contributed by atoms with E-state index in [2.05, 4.69) is 0 Å². The highest BCUT2D eigenvalue weighted by Crippen LogP contribution is 2.27. The Balaban J connectivity index is 5.18. The molecule has 0 amide bonds. The van der Waals surface area contributed by atoms with Crippen LogP contribution in [0.2, 0.25) is 19.6 Å². The molecule has 0 aliphatic carbocycles. The first-order chi connectivity index (χ1) is 9.39. The molecule has 0 aromatic rings. The average molecular weight is 342 g/mol. The fourth-order valence-electron chi connectivity index (χ4n) is 1.56.